The minimum absolute atomic E-state index is 0.0769. The first kappa shape index (κ1) is 17.5. The molecule has 1 saturated heterocycles. The maximum Gasteiger partial charge on any atom is 0.225 e. The molecule has 1 aromatic carbocycles. The molecule has 0 radical (unpaired) electrons. The molecule has 0 spiro atoms. The predicted molar refractivity (Wildman–Crippen MR) is 88.7 cm³/mol. The monoisotopic (exact) mass is 318 g/mol. The summed E-state index contributed by atoms with van der Waals surface area (Å²) in [6.07, 6.45) is 3.86. The van der Waals surface area contributed by atoms with Gasteiger partial charge in [-0.05, 0) is 31.2 Å². The molecule has 1 fully saturated rings. The minimum Gasteiger partial charge on any atom is -0.396 e. The molecule has 1 aromatic rings. The van der Waals surface area contributed by atoms with Crippen LogP contribution in [0.2, 0.25) is 0 Å². The van der Waals surface area contributed by atoms with Crippen LogP contribution in [0.15, 0.2) is 30.3 Å². The van der Waals surface area contributed by atoms with Gasteiger partial charge in [-0.1, -0.05) is 30.3 Å². The molecule has 0 aliphatic carbocycles. The van der Waals surface area contributed by atoms with E-state index in [1.807, 2.05) is 35.2 Å². The van der Waals surface area contributed by atoms with Crippen LogP contribution in [0.1, 0.15) is 50.6 Å². The van der Waals surface area contributed by atoms with Crippen LogP contribution in [0, 0.1) is 0 Å². The van der Waals surface area contributed by atoms with E-state index in [-0.39, 0.29) is 36.9 Å². The molecule has 5 nitrogen and oxygen atoms in total. The first-order valence-corrected chi connectivity index (χ1v) is 8.34. The Balaban J connectivity index is 2.03. The number of amides is 2. The lowest BCUT2D eigenvalue weighted by Crippen LogP contribution is -2.38. The number of aliphatic hydroxyl groups excluding tert-OH is 1. The smallest absolute Gasteiger partial charge is 0.225 e. The lowest BCUT2D eigenvalue weighted by atomic mass is 10.0. The third kappa shape index (κ3) is 5.06. The average molecular weight is 318 g/mol. The van der Waals surface area contributed by atoms with E-state index in [2.05, 4.69) is 5.32 Å². The van der Waals surface area contributed by atoms with Crippen LogP contribution >= 0.6 is 0 Å². The third-order valence-electron chi connectivity index (χ3n) is 4.35. The van der Waals surface area contributed by atoms with Crippen molar-refractivity contribution < 1.29 is 14.7 Å². The Hall–Kier alpha value is -1.88. The summed E-state index contributed by atoms with van der Waals surface area (Å²) in [5.74, 6) is -0.0575. The van der Waals surface area contributed by atoms with Crippen molar-refractivity contribution in [1.82, 2.24) is 10.2 Å². The highest BCUT2D eigenvalue weighted by Crippen LogP contribution is 2.25. The first-order chi connectivity index (χ1) is 11.1. The first-order valence-electron chi connectivity index (χ1n) is 8.34. The van der Waals surface area contributed by atoms with Crippen LogP contribution < -0.4 is 5.32 Å². The number of aliphatic hydroxyl groups is 1. The van der Waals surface area contributed by atoms with Crippen molar-refractivity contribution in [2.24, 2.45) is 0 Å². The Bertz CT molecular complexity index is 518. The van der Waals surface area contributed by atoms with Gasteiger partial charge < -0.3 is 15.3 Å². The standard InChI is InChI=1S/C18H26N2O3/c1-14(22)19-17(15-7-3-2-4-8-15)13-18(23)20-11-5-9-16(20)10-6-12-21/h2-4,7-8,16-17,21H,5-6,9-13H2,1H3,(H,19,22). The Morgan fingerprint density at radius 2 is 2.09 bits per heavy atom. The SMILES string of the molecule is CC(=O)NC(CC(=O)N1CCCC1CCCO)c1ccccc1. The molecular formula is C18H26N2O3. The van der Waals surface area contributed by atoms with Crippen LogP contribution in [0.25, 0.3) is 0 Å². The highest BCUT2D eigenvalue weighted by atomic mass is 16.3. The molecular weight excluding hydrogens is 292 g/mol. The van der Waals surface area contributed by atoms with Crippen LogP contribution in [-0.4, -0.2) is 41.0 Å². The van der Waals surface area contributed by atoms with Gasteiger partial charge in [0.25, 0.3) is 0 Å². The lowest BCUT2D eigenvalue weighted by Gasteiger charge is -2.27. The van der Waals surface area contributed by atoms with Gasteiger partial charge in [-0.15, -0.1) is 0 Å². The quantitative estimate of drug-likeness (QED) is 0.808. The molecule has 2 unspecified atom stereocenters. The highest BCUT2D eigenvalue weighted by molar-refractivity contribution is 5.79. The number of rotatable bonds is 7. The van der Waals surface area contributed by atoms with Gasteiger partial charge in [0.2, 0.25) is 11.8 Å². The molecule has 0 aromatic heterocycles. The summed E-state index contributed by atoms with van der Waals surface area (Å²) in [6.45, 7) is 2.41. The van der Waals surface area contributed by atoms with Gasteiger partial charge >= 0.3 is 0 Å². The van der Waals surface area contributed by atoms with Gasteiger partial charge in [-0.2, -0.15) is 0 Å². The van der Waals surface area contributed by atoms with Gasteiger partial charge in [0.05, 0.1) is 12.5 Å². The zero-order chi connectivity index (χ0) is 16.7. The second kappa shape index (κ2) is 8.67. The molecule has 0 bridgehead atoms. The fourth-order valence-electron chi connectivity index (χ4n) is 3.27. The van der Waals surface area contributed by atoms with E-state index in [1.54, 1.807) is 0 Å². The van der Waals surface area contributed by atoms with Crippen molar-refractivity contribution in [3.05, 3.63) is 35.9 Å². The van der Waals surface area contributed by atoms with Crippen LogP contribution in [0.4, 0.5) is 0 Å². The Labute approximate surface area is 137 Å². The number of likely N-dealkylation sites (tertiary alicyclic amines) is 1. The average Bonchev–Trinajstić information content (AvgIpc) is 3.01. The molecule has 0 saturated carbocycles. The number of nitrogens with zero attached hydrogens (tertiary/aromatic N) is 1. The van der Waals surface area contributed by atoms with Crippen molar-refractivity contribution in [3.63, 3.8) is 0 Å². The second-order valence-corrected chi connectivity index (χ2v) is 6.12. The maximum absolute atomic E-state index is 12.7. The molecule has 2 atom stereocenters. The van der Waals surface area contributed by atoms with Gasteiger partial charge in [0.15, 0.2) is 0 Å². The molecule has 5 heteroatoms. The van der Waals surface area contributed by atoms with Gasteiger partial charge in [0.1, 0.15) is 0 Å². The van der Waals surface area contributed by atoms with Gasteiger partial charge in [-0.25, -0.2) is 0 Å². The zero-order valence-corrected chi connectivity index (χ0v) is 13.7. The van der Waals surface area contributed by atoms with E-state index in [1.165, 1.54) is 6.92 Å². The molecule has 2 rings (SSSR count). The van der Waals surface area contributed by atoms with E-state index in [9.17, 15) is 9.59 Å². The summed E-state index contributed by atoms with van der Waals surface area (Å²) < 4.78 is 0. The topological polar surface area (TPSA) is 69.6 Å². The van der Waals surface area contributed by atoms with Crippen molar-refractivity contribution in [2.45, 2.75) is 51.1 Å². The Kier molecular flexibility index (Phi) is 6.59. The van der Waals surface area contributed by atoms with E-state index in [4.69, 9.17) is 5.11 Å². The number of hydrogen-bond acceptors (Lipinski definition) is 3. The van der Waals surface area contributed by atoms with Crippen molar-refractivity contribution in [3.8, 4) is 0 Å². The molecule has 2 N–H and O–H groups in total. The maximum atomic E-state index is 12.7. The fourth-order valence-corrected chi connectivity index (χ4v) is 3.27. The number of carbonyl (C=O) groups excluding carboxylic acids is 2. The molecule has 1 aliphatic heterocycles. The molecule has 23 heavy (non-hydrogen) atoms. The molecule has 2 amide bonds. The summed E-state index contributed by atoms with van der Waals surface area (Å²) in [4.78, 5) is 26.1. The molecule has 1 heterocycles. The fraction of sp³-hybridized carbons (Fsp3) is 0.556. The number of benzene rings is 1. The number of nitrogens with one attached hydrogen (secondary N) is 1. The predicted octanol–water partition coefficient (Wildman–Crippen LogP) is 2.02. The molecule has 126 valence electrons. The summed E-state index contributed by atoms with van der Waals surface area (Å²) >= 11 is 0. The Morgan fingerprint density at radius 1 is 1.35 bits per heavy atom. The van der Waals surface area contributed by atoms with E-state index >= 15 is 0 Å². The minimum atomic E-state index is -0.291. The summed E-state index contributed by atoms with van der Waals surface area (Å²) in [6, 6.07) is 9.54. The van der Waals surface area contributed by atoms with E-state index in [0.717, 1.165) is 37.8 Å². The van der Waals surface area contributed by atoms with Crippen LogP contribution in [0.3, 0.4) is 0 Å². The summed E-state index contributed by atoms with van der Waals surface area (Å²) in [7, 11) is 0. The highest BCUT2D eigenvalue weighted by Gasteiger charge is 2.30. The van der Waals surface area contributed by atoms with Crippen molar-refractivity contribution >= 4 is 11.8 Å². The van der Waals surface area contributed by atoms with Crippen LogP contribution in [-0.2, 0) is 9.59 Å². The third-order valence-corrected chi connectivity index (χ3v) is 4.35. The van der Waals surface area contributed by atoms with E-state index < -0.39 is 0 Å². The van der Waals surface area contributed by atoms with Gasteiger partial charge in [0, 0.05) is 26.1 Å². The van der Waals surface area contributed by atoms with Crippen molar-refractivity contribution in [2.75, 3.05) is 13.2 Å². The summed E-state index contributed by atoms with van der Waals surface area (Å²) in [5, 5.41) is 11.9. The molecule has 1 aliphatic rings. The number of carbonyl (C=O) groups is 2. The lowest BCUT2D eigenvalue weighted by molar-refractivity contribution is -0.133. The van der Waals surface area contributed by atoms with Crippen molar-refractivity contribution in [1.29, 1.82) is 0 Å². The Morgan fingerprint density at radius 3 is 2.74 bits per heavy atom. The summed E-state index contributed by atoms with van der Waals surface area (Å²) in [5.41, 5.74) is 0.946. The second-order valence-electron chi connectivity index (χ2n) is 6.12. The van der Waals surface area contributed by atoms with Gasteiger partial charge in [-0.3, -0.25) is 9.59 Å². The van der Waals surface area contributed by atoms with Crippen LogP contribution in [0.5, 0.6) is 0 Å². The largest absolute Gasteiger partial charge is 0.396 e. The van der Waals surface area contributed by atoms with E-state index in [0.29, 0.717) is 0 Å². The zero-order valence-electron chi connectivity index (χ0n) is 13.7. The number of hydrogen-bond donors (Lipinski definition) is 2. The normalized spacial score (nSPS) is 18.7.